The zero-order valence-electron chi connectivity index (χ0n) is 16.1. The molecule has 1 aliphatic heterocycles. The van der Waals surface area contributed by atoms with Gasteiger partial charge in [0.15, 0.2) is 0 Å². The highest BCUT2D eigenvalue weighted by Gasteiger charge is 2.44. The van der Waals surface area contributed by atoms with E-state index in [1.54, 1.807) is 12.5 Å². The molecule has 2 fully saturated rings. The molecule has 1 saturated carbocycles. The van der Waals surface area contributed by atoms with Crippen molar-refractivity contribution in [2.24, 2.45) is 11.8 Å². The van der Waals surface area contributed by atoms with Gasteiger partial charge >= 0.3 is 6.09 Å². The number of fused-ring (bicyclic) bond motifs is 1. The van der Waals surface area contributed by atoms with Crippen molar-refractivity contribution in [2.45, 2.75) is 45.3 Å². The second-order valence-electron chi connectivity index (χ2n) is 8.48. The predicted molar refractivity (Wildman–Crippen MR) is 100 cm³/mol. The van der Waals surface area contributed by atoms with Gasteiger partial charge in [0.1, 0.15) is 17.6 Å². The first kappa shape index (κ1) is 17.9. The van der Waals surface area contributed by atoms with E-state index in [2.05, 4.69) is 4.98 Å². The number of hydrogen-bond acceptors (Lipinski definition) is 5. The fourth-order valence-corrected chi connectivity index (χ4v) is 4.08. The molecule has 1 aromatic heterocycles. The number of hydrogen-bond donors (Lipinski definition) is 0. The molecule has 2 aliphatic rings. The lowest BCUT2D eigenvalue weighted by molar-refractivity contribution is 0.0272. The Balaban J connectivity index is 1.33. The number of aromatic nitrogens is 1. The summed E-state index contributed by atoms with van der Waals surface area (Å²) in [5.41, 5.74) is 0.459. The lowest BCUT2D eigenvalue weighted by atomic mass is 10.0. The molecule has 2 heterocycles. The van der Waals surface area contributed by atoms with Crippen LogP contribution in [0.1, 0.15) is 33.6 Å². The van der Waals surface area contributed by atoms with Crippen LogP contribution in [0.3, 0.4) is 0 Å². The second-order valence-corrected chi connectivity index (χ2v) is 8.48. The van der Waals surface area contributed by atoms with E-state index in [0.29, 0.717) is 17.7 Å². The molecule has 144 valence electrons. The normalized spacial score (nSPS) is 24.7. The van der Waals surface area contributed by atoms with Gasteiger partial charge in [-0.3, -0.25) is 0 Å². The third-order valence-corrected chi connectivity index (χ3v) is 5.18. The summed E-state index contributed by atoms with van der Waals surface area (Å²) in [7, 11) is 0. The van der Waals surface area contributed by atoms with Crippen LogP contribution in [0.15, 0.2) is 41.1 Å². The van der Waals surface area contributed by atoms with E-state index in [4.69, 9.17) is 13.9 Å². The standard InChI is InChI=1S/C21H26N2O4/c1-21(2,3)27-20(24)23-12-15-10-18(11-16(15)13-23)26-17-6-4-5-14(9-17)19-22-7-8-25-19/h4-9,15-16,18H,10-13H2,1-3H3/t15-,16+,18+. The maximum Gasteiger partial charge on any atom is 0.410 e. The number of nitrogens with zero attached hydrogens (tertiary/aromatic N) is 2. The Bertz CT molecular complexity index is 783. The van der Waals surface area contributed by atoms with Gasteiger partial charge in [-0.25, -0.2) is 9.78 Å². The van der Waals surface area contributed by atoms with Gasteiger partial charge in [0.05, 0.1) is 12.3 Å². The van der Waals surface area contributed by atoms with Gasteiger partial charge < -0.3 is 18.8 Å². The molecule has 2 aromatic rings. The van der Waals surface area contributed by atoms with Crippen LogP contribution in [0.2, 0.25) is 0 Å². The quantitative estimate of drug-likeness (QED) is 0.803. The van der Waals surface area contributed by atoms with Gasteiger partial charge in [-0.2, -0.15) is 0 Å². The summed E-state index contributed by atoms with van der Waals surface area (Å²) in [5, 5.41) is 0. The third kappa shape index (κ3) is 4.10. The summed E-state index contributed by atoms with van der Waals surface area (Å²) < 4.78 is 17.1. The molecule has 1 aromatic carbocycles. The van der Waals surface area contributed by atoms with Crippen molar-refractivity contribution in [3.63, 3.8) is 0 Å². The second kappa shape index (κ2) is 6.91. The summed E-state index contributed by atoms with van der Waals surface area (Å²) in [6.45, 7) is 7.22. The van der Waals surface area contributed by atoms with E-state index in [9.17, 15) is 4.79 Å². The van der Waals surface area contributed by atoms with Gasteiger partial charge in [-0.15, -0.1) is 0 Å². The first-order valence-corrected chi connectivity index (χ1v) is 9.52. The van der Waals surface area contributed by atoms with Crippen LogP contribution >= 0.6 is 0 Å². The molecule has 3 atom stereocenters. The Morgan fingerprint density at radius 1 is 1.22 bits per heavy atom. The minimum absolute atomic E-state index is 0.181. The van der Waals surface area contributed by atoms with Crippen LogP contribution in [-0.2, 0) is 4.74 Å². The topological polar surface area (TPSA) is 64.8 Å². The number of oxazole rings is 1. The highest BCUT2D eigenvalue weighted by molar-refractivity contribution is 5.68. The Hall–Kier alpha value is -2.50. The lowest BCUT2D eigenvalue weighted by Gasteiger charge is -2.25. The average molecular weight is 370 g/mol. The van der Waals surface area contributed by atoms with Crippen molar-refractivity contribution in [1.29, 1.82) is 0 Å². The van der Waals surface area contributed by atoms with E-state index in [1.165, 1.54) is 0 Å². The van der Waals surface area contributed by atoms with E-state index in [-0.39, 0.29) is 12.2 Å². The number of ether oxygens (including phenoxy) is 2. The van der Waals surface area contributed by atoms with Gasteiger partial charge in [0, 0.05) is 18.7 Å². The number of likely N-dealkylation sites (tertiary alicyclic amines) is 1. The molecule has 0 radical (unpaired) electrons. The molecule has 4 rings (SSSR count). The molecule has 6 nitrogen and oxygen atoms in total. The Kier molecular flexibility index (Phi) is 4.58. The first-order valence-electron chi connectivity index (χ1n) is 9.52. The van der Waals surface area contributed by atoms with Crippen molar-refractivity contribution in [3.05, 3.63) is 36.7 Å². The van der Waals surface area contributed by atoms with Crippen LogP contribution in [0.5, 0.6) is 5.75 Å². The summed E-state index contributed by atoms with van der Waals surface area (Å²) in [6.07, 6.45) is 5.11. The molecule has 0 spiro atoms. The average Bonchev–Trinajstić information content (AvgIpc) is 3.29. The zero-order valence-corrected chi connectivity index (χ0v) is 16.1. The Morgan fingerprint density at radius 2 is 1.96 bits per heavy atom. The summed E-state index contributed by atoms with van der Waals surface area (Å²) >= 11 is 0. The number of benzene rings is 1. The van der Waals surface area contributed by atoms with Crippen LogP contribution in [0, 0.1) is 11.8 Å². The van der Waals surface area contributed by atoms with Crippen LogP contribution in [0.25, 0.3) is 11.5 Å². The summed E-state index contributed by atoms with van der Waals surface area (Å²) in [5.74, 6) is 2.39. The fourth-order valence-electron chi connectivity index (χ4n) is 4.08. The van der Waals surface area contributed by atoms with Crippen molar-refractivity contribution in [3.8, 4) is 17.2 Å². The van der Waals surface area contributed by atoms with E-state index >= 15 is 0 Å². The number of carbonyl (C=O) groups excluding carboxylic acids is 1. The molecular formula is C21H26N2O4. The molecule has 27 heavy (non-hydrogen) atoms. The maximum absolute atomic E-state index is 12.3. The highest BCUT2D eigenvalue weighted by atomic mass is 16.6. The van der Waals surface area contributed by atoms with Crippen LogP contribution in [-0.4, -0.2) is 40.8 Å². The minimum Gasteiger partial charge on any atom is -0.490 e. The fraction of sp³-hybridized carbons (Fsp3) is 0.524. The van der Waals surface area contributed by atoms with Gasteiger partial charge in [0.25, 0.3) is 0 Å². The summed E-state index contributed by atoms with van der Waals surface area (Å²) in [4.78, 5) is 18.3. The minimum atomic E-state index is -0.450. The van der Waals surface area contributed by atoms with Gasteiger partial charge in [-0.05, 0) is 63.6 Å². The molecule has 6 heteroatoms. The van der Waals surface area contributed by atoms with Crippen molar-refractivity contribution in [1.82, 2.24) is 9.88 Å². The Labute approximate surface area is 159 Å². The molecule has 1 saturated heterocycles. The van der Waals surface area contributed by atoms with Gasteiger partial charge in [-0.1, -0.05) is 6.07 Å². The molecule has 0 N–H and O–H groups in total. The maximum atomic E-state index is 12.3. The Morgan fingerprint density at radius 3 is 2.59 bits per heavy atom. The number of amides is 1. The smallest absolute Gasteiger partial charge is 0.410 e. The SMILES string of the molecule is CC(C)(C)OC(=O)N1C[C@H]2C[C@H](Oc3cccc(-c4ncco4)c3)C[C@H]2C1. The monoisotopic (exact) mass is 370 g/mol. The number of rotatable bonds is 3. The van der Waals surface area contributed by atoms with Crippen LogP contribution in [0.4, 0.5) is 4.79 Å². The van der Waals surface area contributed by atoms with E-state index < -0.39 is 5.60 Å². The molecule has 0 unspecified atom stereocenters. The van der Waals surface area contributed by atoms with E-state index in [0.717, 1.165) is 37.2 Å². The predicted octanol–water partition coefficient (Wildman–Crippen LogP) is 4.37. The summed E-state index contributed by atoms with van der Waals surface area (Å²) in [6, 6.07) is 7.84. The van der Waals surface area contributed by atoms with Crippen molar-refractivity contribution < 1.29 is 18.7 Å². The van der Waals surface area contributed by atoms with Crippen molar-refractivity contribution >= 4 is 6.09 Å². The first-order chi connectivity index (χ1) is 12.9. The third-order valence-electron chi connectivity index (χ3n) is 5.18. The molecule has 0 bridgehead atoms. The molecule has 1 amide bonds. The lowest BCUT2D eigenvalue weighted by Crippen LogP contribution is -2.36. The molecular weight excluding hydrogens is 344 g/mol. The van der Waals surface area contributed by atoms with Crippen LogP contribution < -0.4 is 4.74 Å². The number of carbonyl (C=O) groups is 1. The van der Waals surface area contributed by atoms with Crippen molar-refractivity contribution in [2.75, 3.05) is 13.1 Å². The highest BCUT2D eigenvalue weighted by Crippen LogP contribution is 2.40. The van der Waals surface area contributed by atoms with E-state index in [1.807, 2.05) is 49.9 Å². The zero-order chi connectivity index (χ0) is 19.0. The van der Waals surface area contributed by atoms with Gasteiger partial charge in [0.2, 0.25) is 5.89 Å². The largest absolute Gasteiger partial charge is 0.490 e. The molecule has 1 aliphatic carbocycles.